The minimum atomic E-state index is -0.688. The molecule has 1 aromatic carbocycles. The Labute approximate surface area is 102 Å². The second kappa shape index (κ2) is 4.88. The fourth-order valence-electron chi connectivity index (χ4n) is 2.69. The van der Waals surface area contributed by atoms with Crippen molar-refractivity contribution in [3.63, 3.8) is 0 Å². The van der Waals surface area contributed by atoms with Gasteiger partial charge in [-0.25, -0.2) is 0 Å². The van der Waals surface area contributed by atoms with Gasteiger partial charge in [-0.2, -0.15) is 0 Å². The summed E-state index contributed by atoms with van der Waals surface area (Å²) >= 11 is 0. The molecule has 1 N–H and O–H groups in total. The summed E-state index contributed by atoms with van der Waals surface area (Å²) in [5.74, 6) is -0.688. The zero-order chi connectivity index (χ0) is 12.4. The molecule has 0 amide bonds. The molecule has 0 aliphatic carbocycles. The van der Waals surface area contributed by atoms with Crippen LogP contribution < -0.4 is 0 Å². The van der Waals surface area contributed by atoms with Crippen molar-refractivity contribution < 1.29 is 9.90 Å². The van der Waals surface area contributed by atoms with Gasteiger partial charge >= 0.3 is 5.97 Å². The Hall–Kier alpha value is -1.35. The minimum absolute atomic E-state index is 0.296. The molecule has 92 valence electrons. The van der Waals surface area contributed by atoms with Crippen molar-refractivity contribution >= 4 is 5.97 Å². The van der Waals surface area contributed by atoms with E-state index in [-0.39, 0.29) is 6.04 Å². The third-order valence-electron chi connectivity index (χ3n) is 3.32. The Kier molecular flexibility index (Phi) is 3.48. The van der Waals surface area contributed by atoms with Gasteiger partial charge in [-0.3, -0.25) is 9.69 Å². The smallest absolute Gasteiger partial charge is 0.320 e. The van der Waals surface area contributed by atoms with Crippen molar-refractivity contribution in [2.75, 3.05) is 6.54 Å². The van der Waals surface area contributed by atoms with Crippen molar-refractivity contribution in [3.05, 3.63) is 34.9 Å². The van der Waals surface area contributed by atoms with Gasteiger partial charge in [-0.05, 0) is 38.8 Å². The molecular weight excluding hydrogens is 214 g/mol. The van der Waals surface area contributed by atoms with E-state index in [9.17, 15) is 4.79 Å². The molecule has 1 aliphatic rings. The van der Waals surface area contributed by atoms with Crippen LogP contribution >= 0.6 is 0 Å². The summed E-state index contributed by atoms with van der Waals surface area (Å²) < 4.78 is 0. The number of nitrogens with zero attached hydrogens (tertiary/aromatic N) is 1. The van der Waals surface area contributed by atoms with E-state index in [1.165, 1.54) is 16.7 Å². The molecule has 1 saturated heterocycles. The summed E-state index contributed by atoms with van der Waals surface area (Å²) in [4.78, 5) is 13.2. The molecule has 0 radical (unpaired) electrons. The fourth-order valence-corrected chi connectivity index (χ4v) is 2.69. The van der Waals surface area contributed by atoms with E-state index < -0.39 is 5.97 Å². The number of carbonyl (C=O) groups is 1. The normalized spacial score (nSPS) is 20.7. The van der Waals surface area contributed by atoms with Crippen molar-refractivity contribution in [2.45, 2.75) is 39.3 Å². The molecule has 2 rings (SSSR count). The Balaban J connectivity index is 2.12. The van der Waals surface area contributed by atoms with E-state index in [2.05, 4.69) is 36.9 Å². The first-order chi connectivity index (χ1) is 8.06. The number of likely N-dealkylation sites (tertiary alicyclic amines) is 1. The maximum absolute atomic E-state index is 11.1. The number of aliphatic carboxylic acids is 1. The third kappa shape index (κ3) is 2.86. The van der Waals surface area contributed by atoms with Crippen LogP contribution in [0.25, 0.3) is 0 Å². The largest absolute Gasteiger partial charge is 0.480 e. The molecule has 1 aliphatic heterocycles. The molecule has 17 heavy (non-hydrogen) atoms. The van der Waals surface area contributed by atoms with Gasteiger partial charge in [-0.1, -0.05) is 29.3 Å². The lowest BCUT2D eigenvalue weighted by molar-refractivity contribution is -0.142. The monoisotopic (exact) mass is 233 g/mol. The number of carboxylic acids is 1. The molecule has 0 unspecified atom stereocenters. The van der Waals surface area contributed by atoms with Crippen molar-refractivity contribution in [1.29, 1.82) is 0 Å². The number of hydrogen-bond acceptors (Lipinski definition) is 2. The number of carboxylic acid groups (broad SMARTS) is 1. The maximum atomic E-state index is 11.1. The van der Waals surface area contributed by atoms with E-state index in [4.69, 9.17) is 5.11 Å². The SMILES string of the molecule is Cc1cc(C)cc(CN2CCC[C@@H]2C(=O)O)c1. The highest BCUT2D eigenvalue weighted by atomic mass is 16.4. The zero-order valence-corrected chi connectivity index (χ0v) is 10.4. The van der Waals surface area contributed by atoms with E-state index in [0.29, 0.717) is 0 Å². The minimum Gasteiger partial charge on any atom is -0.480 e. The Morgan fingerprint density at radius 2 is 2.00 bits per heavy atom. The molecule has 1 fully saturated rings. The van der Waals surface area contributed by atoms with Crippen LogP contribution in [0, 0.1) is 13.8 Å². The van der Waals surface area contributed by atoms with E-state index in [1.54, 1.807) is 0 Å². The molecule has 0 spiro atoms. The lowest BCUT2D eigenvalue weighted by Gasteiger charge is -2.21. The summed E-state index contributed by atoms with van der Waals surface area (Å²) in [6.07, 6.45) is 1.77. The standard InChI is InChI=1S/C14H19NO2/c1-10-6-11(2)8-12(7-10)9-15-5-3-4-13(15)14(16)17/h6-8,13H,3-5,9H2,1-2H3,(H,16,17)/t13-/m1/s1. The lowest BCUT2D eigenvalue weighted by atomic mass is 10.1. The van der Waals surface area contributed by atoms with Crippen LogP contribution in [-0.4, -0.2) is 28.6 Å². The number of aryl methyl sites for hydroxylation is 2. The van der Waals surface area contributed by atoms with E-state index in [1.807, 2.05) is 0 Å². The second-order valence-corrected chi connectivity index (χ2v) is 4.96. The third-order valence-corrected chi connectivity index (χ3v) is 3.32. The second-order valence-electron chi connectivity index (χ2n) is 4.96. The van der Waals surface area contributed by atoms with Crippen LogP contribution in [0.15, 0.2) is 18.2 Å². The summed E-state index contributed by atoms with van der Waals surface area (Å²) in [5, 5.41) is 9.13. The number of rotatable bonds is 3. The van der Waals surface area contributed by atoms with Crippen molar-refractivity contribution in [3.8, 4) is 0 Å². The first-order valence-electron chi connectivity index (χ1n) is 6.10. The Bertz CT molecular complexity index is 408. The quantitative estimate of drug-likeness (QED) is 0.871. The topological polar surface area (TPSA) is 40.5 Å². The lowest BCUT2D eigenvalue weighted by Crippen LogP contribution is -2.35. The summed E-state index contributed by atoms with van der Waals surface area (Å²) in [5.41, 5.74) is 3.70. The molecule has 0 aromatic heterocycles. The first kappa shape index (κ1) is 12.1. The average molecular weight is 233 g/mol. The average Bonchev–Trinajstić information content (AvgIpc) is 2.63. The predicted octanol–water partition coefficient (Wildman–Crippen LogP) is 2.35. The first-order valence-corrected chi connectivity index (χ1v) is 6.10. The molecule has 1 atom stereocenters. The molecule has 0 bridgehead atoms. The number of hydrogen-bond donors (Lipinski definition) is 1. The van der Waals surface area contributed by atoms with Gasteiger partial charge < -0.3 is 5.11 Å². The summed E-state index contributed by atoms with van der Waals surface area (Å²) in [6.45, 7) is 5.80. The van der Waals surface area contributed by atoms with E-state index >= 15 is 0 Å². The van der Waals surface area contributed by atoms with Gasteiger partial charge in [0.25, 0.3) is 0 Å². The molecule has 1 heterocycles. The molecule has 3 heteroatoms. The van der Waals surface area contributed by atoms with E-state index in [0.717, 1.165) is 25.9 Å². The molecule has 1 aromatic rings. The van der Waals surface area contributed by atoms with Crippen LogP contribution in [0.2, 0.25) is 0 Å². The molecular formula is C14H19NO2. The summed E-state index contributed by atoms with van der Waals surface area (Å²) in [7, 11) is 0. The maximum Gasteiger partial charge on any atom is 0.320 e. The van der Waals surface area contributed by atoms with Gasteiger partial charge in [0.2, 0.25) is 0 Å². The highest BCUT2D eigenvalue weighted by Gasteiger charge is 2.30. The van der Waals surface area contributed by atoms with Gasteiger partial charge in [0.15, 0.2) is 0 Å². The fraction of sp³-hybridized carbons (Fsp3) is 0.500. The van der Waals surface area contributed by atoms with Crippen LogP contribution in [-0.2, 0) is 11.3 Å². The Morgan fingerprint density at radius 1 is 1.35 bits per heavy atom. The number of benzene rings is 1. The highest BCUT2D eigenvalue weighted by Crippen LogP contribution is 2.21. The molecule has 3 nitrogen and oxygen atoms in total. The van der Waals surface area contributed by atoms with Crippen molar-refractivity contribution in [1.82, 2.24) is 4.90 Å². The Morgan fingerprint density at radius 3 is 2.59 bits per heavy atom. The zero-order valence-electron chi connectivity index (χ0n) is 10.4. The van der Waals surface area contributed by atoms with Gasteiger partial charge in [0, 0.05) is 6.54 Å². The van der Waals surface area contributed by atoms with Gasteiger partial charge in [0.05, 0.1) is 0 Å². The van der Waals surface area contributed by atoms with Crippen LogP contribution in [0.3, 0.4) is 0 Å². The van der Waals surface area contributed by atoms with Gasteiger partial charge in [0.1, 0.15) is 6.04 Å². The van der Waals surface area contributed by atoms with Crippen LogP contribution in [0.4, 0.5) is 0 Å². The van der Waals surface area contributed by atoms with Gasteiger partial charge in [-0.15, -0.1) is 0 Å². The van der Waals surface area contributed by atoms with Crippen LogP contribution in [0.1, 0.15) is 29.5 Å². The van der Waals surface area contributed by atoms with Crippen LogP contribution in [0.5, 0.6) is 0 Å². The predicted molar refractivity (Wildman–Crippen MR) is 67.0 cm³/mol. The van der Waals surface area contributed by atoms with Crippen molar-refractivity contribution in [2.24, 2.45) is 0 Å². The highest BCUT2D eigenvalue weighted by molar-refractivity contribution is 5.73. The molecule has 0 saturated carbocycles. The summed E-state index contributed by atoms with van der Waals surface area (Å²) in [6, 6.07) is 6.13.